The highest BCUT2D eigenvalue weighted by atomic mass is 16.5. The number of hydrogen-bond donors (Lipinski definition) is 2. The Morgan fingerprint density at radius 1 is 0.939 bits per heavy atom. The molecular weight excluding hydrogens is 414 g/mol. The molecule has 5 nitrogen and oxygen atoms in total. The van der Waals surface area contributed by atoms with Crippen LogP contribution in [0.4, 0.5) is 4.79 Å². The number of hydrogen-bond acceptors (Lipinski definition) is 4. The van der Waals surface area contributed by atoms with E-state index in [1.807, 2.05) is 69.3 Å². The van der Waals surface area contributed by atoms with Gasteiger partial charge in [-0.2, -0.15) is 0 Å². The Balaban J connectivity index is 1.35. The van der Waals surface area contributed by atoms with E-state index in [-0.39, 0.29) is 24.7 Å². The molecule has 0 aromatic heterocycles. The van der Waals surface area contributed by atoms with Crippen LogP contribution in [-0.4, -0.2) is 36.1 Å². The molecule has 1 atom stereocenters. The summed E-state index contributed by atoms with van der Waals surface area (Å²) in [4.78, 5) is 12.5. The number of fused-ring (bicyclic) bond motifs is 3. The van der Waals surface area contributed by atoms with Crippen LogP contribution in [0.3, 0.4) is 0 Å². The van der Waals surface area contributed by atoms with Gasteiger partial charge in [0, 0.05) is 5.92 Å². The molecule has 4 rings (SSSR count). The molecule has 1 amide bonds. The van der Waals surface area contributed by atoms with E-state index in [1.165, 1.54) is 22.3 Å². The van der Waals surface area contributed by atoms with Crippen molar-refractivity contribution in [3.05, 3.63) is 89.5 Å². The van der Waals surface area contributed by atoms with E-state index in [0.717, 1.165) is 11.3 Å². The Kier molecular flexibility index (Phi) is 6.70. The van der Waals surface area contributed by atoms with Crippen molar-refractivity contribution >= 4 is 6.09 Å². The first kappa shape index (κ1) is 22.9. The van der Waals surface area contributed by atoms with Crippen LogP contribution in [0.25, 0.3) is 11.1 Å². The monoisotopic (exact) mass is 445 g/mol. The minimum atomic E-state index is -0.524. The van der Waals surface area contributed by atoms with Crippen molar-refractivity contribution in [3.63, 3.8) is 0 Å². The largest absolute Gasteiger partial charge is 0.488 e. The topological polar surface area (TPSA) is 67.8 Å². The van der Waals surface area contributed by atoms with Crippen molar-refractivity contribution < 1.29 is 19.4 Å². The average Bonchev–Trinajstić information content (AvgIpc) is 3.11. The summed E-state index contributed by atoms with van der Waals surface area (Å²) in [7, 11) is 0. The zero-order valence-corrected chi connectivity index (χ0v) is 19.4. The highest BCUT2D eigenvalue weighted by Crippen LogP contribution is 2.44. The Hall–Kier alpha value is -3.31. The first-order valence-electron chi connectivity index (χ1n) is 11.3. The second-order valence-electron chi connectivity index (χ2n) is 9.41. The van der Waals surface area contributed by atoms with Gasteiger partial charge >= 0.3 is 6.09 Å². The third kappa shape index (κ3) is 5.55. The number of ether oxygens (including phenoxy) is 2. The van der Waals surface area contributed by atoms with Crippen LogP contribution in [-0.2, 0) is 11.2 Å². The summed E-state index contributed by atoms with van der Waals surface area (Å²) in [5, 5.41) is 12.6. The SMILES string of the molecule is CC(C)(C)Oc1ccc(C[C@H](CO)NC(=O)OCC2c3ccccc3-c3ccccc32)cc1. The fourth-order valence-electron chi connectivity index (χ4n) is 4.30. The third-order valence-electron chi connectivity index (χ3n) is 5.72. The van der Waals surface area contributed by atoms with Gasteiger partial charge in [0.15, 0.2) is 0 Å². The van der Waals surface area contributed by atoms with Crippen LogP contribution in [0.1, 0.15) is 43.4 Å². The van der Waals surface area contributed by atoms with Gasteiger partial charge in [-0.3, -0.25) is 0 Å². The summed E-state index contributed by atoms with van der Waals surface area (Å²) in [6.45, 7) is 6.07. The number of nitrogens with one attached hydrogen (secondary N) is 1. The summed E-state index contributed by atoms with van der Waals surface area (Å²) < 4.78 is 11.4. The van der Waals surface area contributed by atoms with Crippen molar-refractivity contribution in [3.8, 4) is 16.9 Å². The highest BCUT2D eigenvalue weighted by molar-refractivity contribution is 5.79. The fourth-order valence-corrected chi connectivity index (χ4v) is 4.30. The molecule has 3 aromatic carbocycles. The molecule has 0 bridgehead atoms. The molecule has 0 heterocycles. The summed E-state index contributed by atoms with van der Waals surface area (Å²) in [5.74, 6) is 0.794. The van der Waals surface area contributed by atoms with Gasteiger partial charge in [-0.1, -0.05) is 60.7 Å². The number of aliphatic hydroxyl groups is 1. The van der Waals surface area contributed by atoms with Gasteiger partial charge in [-0.05, 0) is 67.1 Å². The van der Waals surface area contributed by atoms with E-state index >= 15 is 0 Å². The first-order chi connectivity index (χ1) is 15.8. The molecule has 0 aliphatic heterocycles. The molecule has 3 aromatic rings. The number of amides is 1. The number of alkyl carbamates (subject to hydrolysis) is 1. The van der Waals surface area contributed by atoms with E-state index in [4.69, 9.17) is 9.47 Å². The quantitative estimate of drug-likeness (QED) is 0.517. The fraction of sp³-hybridized carbons (Fsp3) is 0.321. The molecule has 0 spiro atoms. The van der Waals surface area contributed by atoms with Crippen molar-refractivity contribution in [1.29, 1.82) is 0 Å². The minimum Gasteiger partial charge on any atom is -0.488 e. The summed E-state index contributed by atoms with van der Waals surface area (Å²) in [5.41, 5.74) is 5.45. The molecule has 0 saturated carbocycles. The van der Waals surface area contributed by atoms with Gasteiger partial charge in [0.25, 0.3) is 0 Å². The predicted molar refractivity (Wildman–Crippen MR) is 130 cm³/mol. The van der Waals surface area contributed by atoms with Crippen LogP contribution in [0.15, 0.2) is 72.8 Å². The van der Waals surface area contributed by atoms with E-state index in [2.05, 4.69) is 29.6 Å². The number of carbonyl (C=O) groups is 1. The van der Waals surface area contributed by atoms with Crippen LogP contribution in [0.5, 0.6) is 5.75 Å². The normalized spacial score (nSPS) is 13.7. The van der Waals surface area contributed by atoms with Gasteiger partial charge in [0.2, 0.25) is 0 Å². The first-order valence-corrected chi connectivity index (χ1v) is 11.3. The Morgan fingerprint density at radius 3 is 2.06 bits per heavy atom. The van der Waals surface area contributed by atoms with Crippen molar-refractivity contribution in [2.45, 2.75) is 44.8 Å². The van der Waals surface area contributed by atoms with Crippen molar-refractivity contribution in [1.82, 2.24) is 5.32 Å². The maximum atomic E-state index is 12.5. The Labute approximate surface area is 195 Å². The van der Waals surface area contributed by atoms with Crippen LogP contribution >= 0.6 is 0 Å². The number of rotatable bonds is 7. The number of aliphatic hydroxyl groups excluding tert-OH is 1. The predicted octanol–water partition coefficient (Wildman–Crippen LogP) is 5.31. The van der Waals surface area contributed by atoms with E-state index < -0.39 is 12.1 Å². The zero-order chi connectivity index (χ0) is 23.4. The van der Waals surface area contributed by atoms with Gasteiger partial charge in [-0.15, -0.1) is 0 Å². The highest BCUT2D eigenvalue weighted by Gasteiger charge is 2.29. The smallest absolute Gasteiger partial charge is 0.407 e. The van der Waals surface area contributed by atoms with Crippen molar-refractivity contribution in [2.24, 2.45) is 0 Å². The lowest BCUT2D eigenvalue weighted by molar-refractivity contribution is 0.130. The lowest BCUT2D eigenvalue weighted by Gasteiger charge is -2.22. The van der Waals surface area contributed by atoms with Crippen LogP contribution in [0, 0.1) is 0 Å². The standard InChI is InChI=1S/C28H31NO4/c1-28(2,3)33-21-14-12-19(13-15-21)16-20(17-30)29-27(31)32-18-26-24-10-6-4-8-22(24)23-9-5-7-11-25(23)26/h4-15,20,26,30H,16-18H2,1-3H3,(H,29,31)/t20-/m1/s1. The maximum absolute atomic E-state index is 12.5. The molecule has 0 saturated heterocycles. The second-order valence-corrected chi connectivity index (χ2v) is 9.41. The molecule has 0 radical (unpaired) electrons. The van der Waals surface area contributed by atoms with E-state index in [1.54, 1.807) is 0 Å². The second kappa shape index (κ2) is 9.67. The van der Waals surface area contributed by atoms with Gasteiger partial charge in [0.05, 0.1) is 12.6 Å². The zero-order valence-electron chi connectivity index (χ0n) is 19.4. The molecule has 172 valence electrons. The number of benzene rings is 3. The minimum absolute atomic E-state index is 0.00564. The van der Waals surface area contributed by atoms with E-state index in [9.17, 15) is 9.90 Å². The lowest BCUT2D eigenvalue weighted by Crippen LogP contribution is -2.39. The molecule has 0 unspecified atom stereocenters. The van der Waals surface area contributed by atoms with Gasteiger partial charge in [0.1, 0.15) is 18.0 Å². The molecule has 33 heavy (non-hydrogen) atoms. The molecule has 2 N–H and O–H groups in total. The summed E-state index contributed by atoms with van der Waals surface area (Å²) in [6, 6.07) is 23.7. The molecular formula is C28H31NO4. The van der Waals surface area contributed by atoms with Crippen LogP contribution < -0.4 is 10.1 Å². The van der Waals surface area contributed by atoms with Gasteiger partial charge in [-0.25, -0.2) is 4.79 Å². The Morgan fingerprint density at radius 2 is 1.52 bits per heavy atom. The van der Waals surface area contributed by atoms with Crippen molar-refractivity contribution in [2.75, 3.05) is 13.2 Å². The van der Waals surface area contributed by atoms with Gasteiger partial charge < -0.3 is 19.9 Å². The molecule has 1 aliphatic carbocycles. The van der Waals surface area contributed by atoms with E-state index in [0.29, 0.717) is 6.42 Å². The summed E-state index contributed by atoms with van der Waals surface area (Å²) in [6.07, 6.45) is -0.0279. The third-order valence-corrected chi connectivity index (χ3v) is 5.72. The number of carbonyl (C=O) groups excluding carboxylic acids is 1. The van der Waals surface area contributed by atoms with Crippen LogP contribution in [0.2, 0.25) is 0 Å². The molecule has 5 heteroatoms. The average molecular weight is 446 g/mol. The molecule has 0 fully saturated rings. The summed E-state index contributed by atoms with van der Waals surface area (Å²) >= 11 is 0. The lowest BCUT2D eigenvalue weighted by atomic mass is 9.98. The molecule has 1 aliphatic rings. The Bertz CT molecular complexity index is 1060. The maximum Gasteiger partial charge on any atom is 0.407 e.